The molecule has 7 heteroatoms. The van der Waals surface area contributed by atoms with Crippen LogP contribution in [0.25, 0.3) is 11.3 Å². The fourth-order valence-electron chi connectivity index (χ4n) is 2.77. The third kappa shape index (κ3) is 3.51. The van der Waals surface area contributed by atoms with Crippen LogP contribution in [0.2, 0.25) is 0 Å². The number of benzene rings is 1. The molecule has 26 heavy (non-hydrogen) atoms. The maximum absolute atomic E-state index is 12.2. The molecule has 1 aromatic carbocycles. The molecule has 1 aliphatic rings. The number of aromatic amines is 1. The molecule has 0 spiro atoms. The molecule has 0 radical (unpaired) electrons. The molecule has 2 aromatic heterocycles. The minimum atomic E-state index is -1.10. The number of hydrogen-bond acceptors (Lipinski definition) is 4. The van der Waals surface area contributed by atoms with E-state index >= 15 is 0 Å². The van der Waals surface area contributed by atoms with Gasteiger partial charge in [0.15, 0.2) is 5.82 Å². The van der Waals surface area contributed by atoms with Gasteiger partial charge in [0.25, 0.3) is 0 Å². The highest BCUT2D eigenvalue weighted by atomic mass is 16.4. The number of carboxylic acids is 1. The van der Waals surface area contributed by atoms with Crippen molar-refractivity contribution in [2.75, 3.05) is 5.32 Å². The second kappa shape index (κ2) is 6.51. The van der Waals surface area contributed by atoms with Crippen LogP contribution in [0.5, 0.6) is 0 Å². The summed E-state index contributed by atoms with van der Waals surface area (Å²) in [6, 6.07) is 12.1. The van der Waals surface area contributed by atoms with Gasteiger partial charge in [0, 0.05) is 23.2 Å². The van der Waals surface area contributed by atoms with E-state index in [1.54, 1.807) is 18.2 Å². The highest BCUT2D eigenvalue weighted by Crippen LogP contribution is 2.39. The third-order valence-corrected chi connectivity index (χ3v) is 4.30. The van der Waals surface area contributed by atoms with E-state index in [-0.39, 0.29) is 18.1 Å². The molecule has 1 aliphatic carbocycles. The number of aromatic nitrogens is 2. The minimum Gasteiger partial charge on any atom is -0.475 e. The molecule has 1 saturated carbocycles. The minimum absolute atomic E-state index is 0.104. The van der Waals surface area contributed by atoms with Gasteiger partial charge < -0.3 is 14.8 Å². The van der Waals surface area contributed by atoms with E-state index in [1.165, 1.54) is 18.9 Å². The zero-order chi connectivity index (χ0) is 18.1. The summed E-state index contributed by atoms with van der Waals surface area (Å²) in [6.07, 6.45) is 2.57. The average Bonchev–Trinajstić information content (AvgIpc) is 3.16. The second-order valence-corrected chi connectivity index (χ2v) is 6.37. The summed E-state index contributed by atoms with van der Waals surface area (Å²) >= 11 is 0. The maximum atomic E-state index is 12.2. The lowest BCUT2D eigenvalue weighted by atomic mass is 10.1. The monoisotopic (exact) mass is 351 g/mol. The van der Waals surface area contributed by atoms with Crippen LogP contribution in [-0.4, -0.2) is 27.2 Å². The maximum Gasteiger partial charge on any atom is 0.371 e. The van der Waals surface area contributed by atoms with Crippen molar-refractivity contribution in [2.24, 2.45) is 0 Å². The zero-order valence-electron chi connectivity index (χ0n) is 13.9. The van der Waals surface area contributed by atoms with Gasteiger partial charge in [-0.3, -0.25) is 9.89 Å². The van der Waals surface area contributed by atoms with Gasteiger partial charge in [-0.25, -0.2) is 4.79 Å². The molecule has 3 aromatic rings. The van der Waals surface area contributed by atoms with Gasteiger partial charge in [-0.2, -0.15) is 5.10 Å². The van der Waals surface area contributed by atoms with Gasteiger partial charge in [-0.15, -0.1) is 0 Å². The van der Waals surface area contributed by atoms with Crippen LogP contribution < -0.4 is 5.32 Å². The number of nitrogens with zero attached hydrogens (tertiary/aromatic N) is 1. The van der Waals surface area contributed by atoms with Crippen molar-refractivity contribution < 1.29 is 19.1 Å². The largest absolute Gasteiger partial charge is 0.475 e. The van der Waals surface area contributed by atoms with Gasteiger partial charge in [0.1, 0.15) is 5.76 Å². The van der Waals surface area contributed by atoms with E-state index in [4.69, 9.17) is 9.52 Å². The highest BCUT2D eigenvalue weighted by Gasteiger charge is 2.25. The Hall–Kier alpha value is -3.35. The first kappa shape index (κ1) is 16.1. The van der Waals surface area contributed by atoms with Crippen LogP contribution in [0.15, 0.2) is 46.9 Å². The van der Waals surface area contributed by atoms with Crippen LogP contribution in [-0.2, 0) is 11.2 Å². The van der Waals surface area contributed by atoms with Gasteiger partial charge in [-0.05, 0) is 30.5 Å². The smallest absolute Gasteiger partial charge is 0.371 e. The number of amides is 1. The molecule has 1 amide bonds. The summed E-state index contributed by atoms with van der Waals surface area (Å²) < 4.78 is 5.27. The van der Waals surface area contributed by atoms with Crippen molar-refractivity contribution in [3.05, 3.63) is 59.5 Å². The van der Waals surface area contributed by atoms with E-state index in [0.717, 1.165) is 16.8 Å². The molecule has 132 valence electrons. The first-order chi connectivity index (χ1) is 12.6. The Kier molecular flexibility index (Phi) is 4.04. The number of furan rings is 1. The standard InChI is InChI=1S/C19H17N3O4/c23-18(20-17-10-14(21-22-17)12-5-6-12)9-11-1-3-13(4-2-11)15-7-8-16(26-15)19(24)25/h1-4,7-8,10,12H,5-6,9H2,(H,24,25)(H2,20,21,22,23). The van der Waals surface area contributed by atoms with Crippen LogP contribution in [0, 0.1) is 0 Å². The molecular formula is C19H17N3O4. The first-order valence-electron chi connectivity index (χ1n) is 8.36. The number of rotatable bonds is 6. The highest BCUT2D eigenvalue weighted by molar-refractivity contribution is 5.91. The second-order valence-electron chi connectivity index (χ2n) is 6.37. The molecule has 0 aliphatic heterocycles. The lowest BCUT2D eigenvalue weighted by Crippen LogP contribution is -2.14. The van der Waals surface area contributed by atoms with Crippen molar-refractivity contribution in [2.45, 2.75) is 25.2 Å². The van der Waals surface area contributed by atoms with Crippen LogP contribution in [0.1, 0.15) is 40.6 Å². The molecule has 3 N–H and O–H groups in total. The Balaban J connectivity index is 1.38. The number of carbonyl (C=O) groups excluding carboxylic acids is 1. The Morgan fingerprint density at radius 1 is 1.19 bits per heavy atom. The van der Waals surface area contributed by atoms with E-state index in [9.17, 15) is 9.59 Å². The van der Waals surface area contributed by atoms with Gasteiger partial charge >= 0.3 is 5.97 Å². The molecule has 7 nitrogen and oxygen atoms in total. The topological polar surface area (TPSA) is 108 Å². The summed E-state index contributed by atoms with van der Waals surface area (Å²) in [5, 5.41) is 18.8. The van der Waals surface area contributed by atoms with Crippen molar-refractivity contribution in [3.63, 3.8) is 0 Å². The van der Waals surface area contributed by atoms with Crippen LogP contribution in [0.4, 0.5) is 5.82 Å². The van der Waals surface area contributed by atoms with Crippen LogP contribution >= 0.6 is 0 Å². The molecule has 0 saturated heterocycles. The Bertz CT molecular complexity index is 951. The van der Waals surface area contributed by atoms with E-state index < -0.39 is 5.97 Å². The summed E-state index contributed by atoms with van der Waals surface area (Å²) in [5.41, 5.74) is 2.67. The number of carbonyl (C=O) groups is 2. The van der Waals surface area contributed by atoms with Gasteiger partial charge in [0.2, 0.25) is 11.7 Å². The summed E-state index contributed by atoms with van der Waals surface area (Å²) in [4.78, 5) is 23.0. The molecule has 4 rings (SSSR count). The molecule has 0 unspecified atom stereocenters. The van der Waals surface area contributed by atoms with E-state index in [1.807, 2.05) is 18.2 Å². The summed E-state index contributed by atoms with van der Waals surface area (Å²) in [7, 11) is 0. The zero-order valence-corrected chi connectivity index (χ0v) is 13.9. The quantitative estimate of drug-likeness (QED) is 0.630. The fraction of sp³-hybridized carbons (Fsp3) is 0.211. The SMILES string of the molecule is O=C(Cc1ccc(-c2ccc(C(=O)O)o2)cc1)Nc1cc(C2CC2)[nH]n1. The average molecular weight is 351 g/mol. The molecule has 0 atom stereocenters. The number of aromatic carboxylic acids is 1. The summed E-state index contributed by atoms with van der Waals surface area (Å²) in [5.74, 6) is 0.232. The number of H-pyrrole nitrogens is 1. The normalized spacial score (nSPS) is 13.5. The van der Waals surface area contributed by atoms with Gasteiger partial charge in [-0.1, -0.05) is 24.3 Å². The predicted octanol–water partition coefficient (Wildman–Crippen LogP) is 3.43. The van der Waals surface area contributed by atoms with Crippen molar-refractivity contribution in [3.8, 4) is 11.3 Å². The lowest BCUT2D eigenvalue weighted by Gasteiger charge is -2.03. The van der Waals surface area contributed by atoms with Crippen molar-refractivity contribution in [1.29, 1.82) is 0 Å². The first-order valence-corrected chi connectivity index (χ1v) is 8.36. The van der Waals surface area contributed by atoms with Gasteiger partial charge in [0.05, 0.1) is 6.42 Å². The molecule has 0 bridgehead atoms. The Morgan fingerprint density at radius 2 is 1.96 bits per heavy atom. The number of hydrogen-bond donors (Lipinski definition) is 3. The number of nitrogens with one attached hydrogen (secondary N) is 2. The number of anilines is 1. The van der Waals surface area contributed by atoms with Crippen molar-refractivity contribution >= 4 is 17.7 Å². The van der Waals surface area contributed by atoms with Crippen molar-refractivity contribution in [1.82, 2.24) is 10.2 Å². The summed E-state index contributed by atoms with van der Waals surface area (Å²) in [6.45, 7) is 0. The lowest BCUT2D eigenvalue weighted by molar-refractivity contribution is -0.115. The van der Waals surface area contributed by atoms with E-state index in [0.29, 0.717) is 17.5 Å². The Morgan fingerprint density at radius 3 is 2.62 bits per heavy atom. The predicted molar refractivity (Wildman–Crippen MR) is 94.0 cm³/mol. The molecular weight excluding hydrogens is 334 g/mol. The fourth-order valence-corrected chi connectivity index (χ4v) is 2.77. The molecule has 1 fully saturated rings. The van der Waals surface area contributed by atoms with Crippen LogP contribution in [0.3, 0.4) is 0 Å². The van der Waals surface area contributed by atoms with E-state index in [2.05, 4.69) is 15.5 Å². The Labute approximate surface area is 149 Å². The molecule has 2 heterocycles. The third-order valence-electron chi connectivity index (χ3n) is 4.30. The number of carboxylic acid groups (broad SMARTS) is 1.